The van der Waals surface area contributed by atoms with Gasteiger partial charge in [0.05, 0.1) is 0 Å². The Labute approximate surface area is 78.8 Å². The second-order valence-electron chi connectivity index (χ2n) is 3.51. The second kappa shape index (κ2) is 3.79. The molecule has 2 rings (SSSR count). The van der Waals surface area contributed by atoms with E-state index >= 15 is 0 Å². The quantitative estimate of drug-likeness (QED) is 0.709. The molecule has 13 heavy (non-hydrogen) atoms. The Hall–Kier alpha value is -1.02. The van der Waals surface area contributed by atoms with Crippen molar-refractivity contribution in [3.8, 4) is 0 Å². The summed E-state index contributed by atoms with van der Waals surface area (Å²) < 4.78 is 0. The summed E-state index contributed by atoms with van der Waals surface area (Å²) in [6, 6.07) is 10.1. The first kappa shape index (κ1) is 8.57. The Morgan fingerprint density at radius 2 is 1.92 bits per heavy atom. The largest absolute Gasteiger partial charge is 0.374 e. The molecule has 0 radical (unpaired) electrons. The van der Waals surface area contributed by atoms with Crippen LogP contribution in [0.1, 0.15) is 19.3 Å². The molecular formula is C11H15NO. The topological polar surface area (TPSA) is 23.5 Å². The van der Waals surface area contributed by atoms with E-state index in [0.717, 1.165) is 25.1 Å². The van der Waals surface area contributed by atoms with Gasteiger partial charge in [0, 0.05) is 12.2 Å². The third kappa shape index (κ3) is 1.83. The summed E-state index contributed by atoms with van der Waals surface area (Å²) in [6.45, 7) is 0.977. The maximum absolute atomic E-state index is 9.75. The molecule has 1 heterocycles. The Morgan fingerprint density at radius 1 is 1.15 bits per heavy atom. The molecule has 0 saturated carbocycles. The van der Waals surface area contributed by atoms with Gasteiger partial charge in [-0.2, -0.15) is 0 Å². The lowest BCUT2D eigenvalue weighted by molar-refractivity contribution is 0.140. The van der Waals surface area contributed by atoms with Gasteiger partial charge < -0.3 is 10.0 Å². The Bertz CT molecular complexity index is 260. The number of hydrogen-bond donors (Lipinski definition) is 1. The van der Waals surface area contributed by atoms with Crippen LogP contribution in [-0.2, 0) is 0 Å². The number of piperidine rings is 1. The Kier molecular flexibility index (Phi) is 2.50. The van der Waals surface area contributed by atoms with Gasteiger partial charge in [0.15, 0.2) is 0 Å². The molecule has 1 aliphatic rings. The maximum Gasteiger partial charge on any atom is 0.126 e. The van der Waals surface area contributed by atoms with Crippen molar-refractivity contribution in [2.75, 3.05) is 11.4 Å². The monoisotopic (exact) mass is 177 g/mol. The van der Waals surface area contributed by atoms with Crippen LogP contribution in [0.4, 0.5) is 5.69 Å². The van der Waals surface area contributed by atoms with Crippen LogP contribution in [0.3, 0.4) is 0 Å². The normalized spacial score (nSPS) is 23.2. The zero-order chi connectivity index (χ0) is 9.10. The molecule has 1 unspecified atom stereocenters. The van der Waals surface area contributed by atoms with E-state index in [-0.39, 0.29) is 6.23 Å². The minimum atomic E-state index is -0.281. The summed E-state index contributed by atoms with van der Waals surface area (Å²) in [5.74, 6) is 0. The minimum Gasteiger partial charge on any atom is -0.374 e. The van der Waals surface area contributed by atoms with Crippen molar-refractivity contribution in [1.29, 1.82) is 0 Å². The smallest absolute Gasteiger partial charge is 0.126 e. The summed E-state index contributed by atoms with van der Waals surface area (Å²) in [5.41, 5.74) is 1.13. The summed E-state index contributed by atoms with van der Waals surface area (Å²) in [4.78, 5) is 2.07. The number of benzene rings is 1. The number of rotatable bonds is 1. The fourth-order valence-electron chi connectivity index (χ4n) is 1.83. The molecule has 0 bridgehead atoms. The van der Waals surface area contributed by atoms with E-state index in [1.165, 1.54) is 6.42 Å². The number of aliphatic hydroxyl groups is 1. The molecule has 0 spiro atoms. The molecule has 0 aliphatic carbocycles. The van der Waals surface area contributed by atoms with E-state index in [2.05, 4.69) is 17.0 Å². The first-order chi connectivity index (χ1) is 6.38. The molecular weight excluding hydrogens is 162 g/mol. The van der Waals surface area contributed by atoms with Crippen molar-refractivity contribution in [1.82, 2.24) is 0 Å². The van der Waals surface area contributed by atoms with Crippen LogP contribution in [-0.4, -0.2) is 17.9 Å². The van der Waals surface area contributed by atoms with Crippen molar-refractivity contribution >= 4 is 5.69 Å². The molecule has 1 fully saturated rings. The van der Waals surface area contributed by atoms with E-state index < -0.39 is 0 Å². The highest BCUT2D eigenvalue weighted by atomic mass is 16.3. The number of hydrogen-bond acceptors (Lipinski definition) is 2. The van der Waals surface area contributed by atoms with Crippen LogP contribution in [0.25, 0.3) is 0 Å². The molecule has 1 aromatic rings. The fraction of sp³-hybridized carbons (Fsp3) is 0.455. The standard InChI is InChI=1S/C11H15NO/c13-11-8-4-5-9-12(11)10-6-2-1-3-7-10/h1-3,6-7,11,13H,4-5,8-9H2. The lowest BCUT2D eigenvalue weighted by Gasteiger charge is -2.33. The van der Waals surface area contributed by atoms with Gasteiger partial charge in [-0.1, -0.05) is 18.2 Å². The number of aliphatic hydroxyl groups excluding tert-OH is 1. The van der Waals surface area contributed by atoms with Gasteiger partial charge in [-0.3, -0.25) is 0 Å². The van der Waals surface area contributed by atoms with Gasteiger partial charge in [-0.05, 0) is 31.4 Å². The van der Waals surface area contributed by atoms with Gasteiger partial charge in [0.2, 0.25) is 0 Å². The van der Waals surface area contributed by atoms with Crippen LogP contribution in [0.5, 0.6) is 0 Å². The second-order valence-corrected chi connectivity index (χ2v) is 3.51. The van der Waals surface area contributed by atoms with E-state index in [1.54, 1.807) is 0 Å². The molecule has 0 amide bonds. The van der Waals surface area contributed by atoms with Gasteiger partial charge >= 0.3 is 0 Å². The van der Waals surface area contributed by atoms with Gasteiger partial charge in [-0.15, -0.1) is 0 Å². The van der Waals surface area contributed by atoms with E-state index in [4.69, 9.17) is 0 Å². The molecule has 1 aromatic carbocycles. The summed E-state index contributed by atoms with van der Waals surface area (Å²) in [7, 11) is 0. The Morgan fingerprint density at radius 3 is 2.62 bits per heavy atom. The van der Waals surface area contributed by atoms with Gasteiger partial charge in [0.1, 0.15) is 6.23 Å². The first-order valence-corrected chi connectivity index (χ1v) is 4.88. The molecule has 70 valence electrons. The highest BCUT2D eigenvalue weighted by molar-refractivity contribution is 5.46. The molecule has 1 saturated heterocycles. The summed E-state index contributed by atoms with van der Waals surface area (Å²) >= 11 is 0. The molecule has 1 aliphatic heterocycles. The average Bonchev–Trinajstić information content (AvgIpc) is 2.20. The predicted octanol–water partition coefficient (Wildman–Crippen LogP) is 2.00. The molecule has 2 heteroatoms. The molecule has 2 nitrogen and oxygen atoms in total. The van der Waals surface area contributed by atoms with Crippen LogP contribution in [0.2, 0.25) is 0 Å². The SMILES string of the molecule is OC1CCCCN1c1ccccc1. The van der Waals surface area contributed by atoms with Crippen molar-refractivity contribution in [2.45, 2.75) is 25.5 Å². The van der Waals surface area contributed by atoms with Crippen LogP contribution in [0.15, 0.2) is 30.3 Å². The zero-order valence-electron chi connectivity index (χ0n) is 7.69. The highest BCUT2D eigenvalue weighted by Crippen LogP contribution is 2.22. The van der Waals surface area contributed by atoms with Crippen LogP contribution in [0, 0.1) is 0 Å². The van der Waals surface area contributed by atoms with Gasteiger partial charge in [-0.25, -0.2) is 0 Å². The van der Waals surface area contributed by atoms with Crippen molar-refractivity contribution in [3.05, 3.63) is 30.3 Å². The van der Waals surface area contributed by atoms with E-state index in [9.17, 15) is 5.11 Å². The minimum absolute atomic E-state index is 0.281. The fourth-order valence-corrected chi connectivity index (χ4v) is 1.83. The van der Waals surface area contributed by atoms with E-state index in [0.29, 0.717) is 0 Å². The third-order valence-corrected chi connectivity index (χ3v) is 2.56. The number of anilines is 1. The van der Waals surface area contributed by atoms with E-state index in [1.807, 2.05) is 18.2 Å². The number of para-hydroxylation sites is 1. The average molecular weight is 177 g/mol. The number of nitrogens with zero attached hydrogens (tertiary/aromatic N) is 1. The third-order valence-electron chi connectivity index (χ3n) is 2.56. The summed E-state index contributed by atoms with van der Waals surface area (Å²) in [6.07, 6.45) is 2.95. The lowest BCUT2D eigenvalue weighted by atomic mass is 10.1. The van der Waals surface area contributed by atoms with Crippen LogP contribution < -0.4 is 4.90 Å². The lowest BCUT2D eigenvalue weighted by Crippen LogP contribution is -2.39. The first-order valence-electron chi connectivity index (χ1n) is 4.88. The maximum atomic E-state index is 9.75. The Balaban J connectivity index is 2.15. The van der Waals surface area contributed by atoms with Crippen molar-refractivity contribution in [3.63, 3.8) is 0 Å². The van der Waals surface area contributed by atoms with Gasteiger partial charge in [0.25, 0.3) is 0 Å². The molecule has 0 aromatic heterocycles. The van der Waals surface area contributed by atoms with Crippen molar-refractivity contribution in [2.24, 2.45) is 0 Å². The molecule has 1 N–H and O–H groups in total. The predicted molar refractivity (Wildman–Crippen MR) is 53.6 cm³/mol. The highest BCUT2D eigenvalue weighted by Gasteiger charge is 2.19. The molecule has 1 atom stereocenters. The summed E-state index contributed by atoms with van der Waals surface area (Å²) in [5, 5.41) is 9.75. The zero-order valence-corrected chi connectivity index (χ0v) is 7.69. The van der Waals surface area contributed by atoms with Crippen molar-refractivity contribution < 1.29 is 5.11 Å². The van der Waals surface area contributed by atoms with Crippen LogP contribution >= 0.6 is 0 Å².